The van der Waals surface area contributed by atoms with Crippen LogP contribution in [0.3, 0.4) is 0 Å². The minimum atomic E-state index is -3.05. The average Bonchev–Trinajstić information content (AvgIpc) is 2.37. The van der Waals surface area contributed by atoms with Gasteiger partial charge in [-0.05, 0) is 13.0 Å². The molecule has 0 aromatic heterocycles. The Morgan fingerprint density at radius 2 is 2.16 bits per heavy atom. The van der Waals surface area contributed by atoms with Crippen LogP contribution in [0.4, 0.5) is 8.78 Å². The van der Waals surface area contributed by atoms with Crippen LogP contribution in [0.1, 0.15) is 22.8 Å². The molecule has 102 valence electrons. The fourth-order valence-electron chi connectivity index (χ4n) is 1.41. The average molecular weight is 271 g/mol. The van der Waals surface area contributed by atoms with Gasteiger partial charge in [-0.3, -0.25) is 0 Å². The lowest BCUT2D eigenvalue weighted by Gasteiger charge is -2.11. The Balaban J connectivity index is 3.32. The van der Waals surface area contributed by atoms with Gasteiger partial charge in [-0.25, -0.2) is 4.79 Å². The van der Waals surface area contributed by atoms with Crippen molar-refractivity contribution in [3.05, 3.63) is 23.3 Å². The molecule has 1 rings (SSSR count). The highest BCUT2D eigenvalue weighted by atomic mass is 19.3. The molecule has 1 aromatic rings. The molecule has 0 aliphatic rings. The number of benzene rings is 1. The maximum absolute atomic E-state index is 12.2. The predicted octanol–water partition coefficient (Wildman–Crippen LogP) is 2.34. The number of methoxy groups -OCH3 is 1. The third-order valence-electron chi connectivity index (χ3n) is 2.13. The third kappa shape index (κ3) is 3.55. The van der Waals surface area contributed by atoms with E-state index in [2.05, 4.69) is 4.74 Å². The molecule has 1 aromatic carbocycles. The van der Waals surface area contributed by atoms with Gasteiger partial charge in [0.05, 0.1) is 19.3 Å². The Hall–Kier alpha value is -2.36. The van der Waals surface area contributed by atoms with Crippen molar-refractivity contribution in [1.82, 2.24) is 0 Å². The predicted molar refractivity (Wildman–Crippen MR) is 60.3 cm³/mol. The molecule has 0 fully saturated rings. The van der Waals surface area contributed by atoms with Crippen LogP contribution in [0.25, 0.3) is 0 Å². The number of rotatable bonds is 5. The summed E-state index contributed by atoms with van der Waals surface area (Å²) in [6.45, 7) is -1.38. The number of esters is 1. The largest absolute Gasteiger partial charge is 0.495 e. The Bertz CT molecular complexity index is 511. The minimum Gasteiger partial charge on any atom is -0.495 e. The summed E-state index contributed by atoms with van der Waals surface area (Å²) < 4.78 is 38.2. The smallest absolute Gasteiger partial charge is 0.387 e. The highest BCUT2D eigenvalue weighted by Crippen LogP contribution is 2.29. The summed E-state index contributed by atoms with van der Waals surface area (Å²) in [5.41, 5.74) is -0.276. The quantitative estimate of drug-likeness (QED) is 0.769. The minimum absolute atomic E-state index is 0.0382. The Morgan fingerprint density at radius 3 is 2.63 bits per heavy atom. The second-order valence-electron chi connectivity index (χ2n) is 3.26. The van der Waals surface area contributed by atoms with Crippen molar-refractivity contribution in [2.24, 2.45) is 0 Å². The first-order chi connectivity index (χ1) is 9.03. The summed E-state index contributed by atoms with van der Waals surface area (Å²) in [5.74, 6) is -1.13. The number of nitrogens with zero attached hydrogens (tertiary/aromatic N) is 1. The van der Waals surface area contributed by atoms with E-state index < -0.39 is 12.6 Å². The van der Waals surface area contributed by atoms with Crippen molar-refractivity contribution >= 4 is 5.97 Å². The lowest BCUT2D eigenvalue weighted by Crippen LogP contribution is -2.10. The molecule has 0 bridgehead atoms. The number of halogens is 2. The van der Waals surface area contributed by atoms with Gasteiger partial charge < -0.3 is 14.2 Å². The standard InChI is InChI=1S/C12H11F2NO4/c1-3-18-11(16)8-4-7(19-12(13)14)5-10(17-2)9(8)6-15/h4-5,12H,3H2,1-2H3. The summed E-state index contributed by atoms with van der Waals surface area (Å²) in [5, 5.41) is 8.99. The van der Waals surface area contributed by atoms with Gasteiger partial charge in [0.15, 0.2) is 0 Å². The van der Waals surface area contributed by atoms with Gasteiger partial charge in [0.25, 0.3) is 0 Å². The van der Waals surface area contributed by atoms with E-state index in [1.165, 1.54) is 7.11 Å². The van der Waals surface area contributed by atoms with Gasteiger partial charge in [0, 0.05) is 6.07 Å². The molecule has 0 amide bonds. The molecular weight excluding hydrogens is 260 g/mol. The molecule has 19 heavy (non-hydrogen) atoms. The molecule has 0 spiro atoms. The molecule has 0 N–H and O–H groups in total. The number of hydrogen-bond acceptors (Lipinski definition) is 5. The molecule has 0 unspecified atom stereocenters. The number of carbonyl (C=O) groups is 1. The molecule has 0 aliphatic heterocycles. The van der Waals surface area contributed by atoms with Gasteiger partial charge in [0.2, 0.25) is 0 Å². The fourth-order valence-corrected chi connectivity index (χ4v) is 1.41. The van der Waals surface area contributed by atoms with Gasteiger partial charge in [-0.2, -0.15) is 14.0 Å². The summed E-state index contributed by atoms with van der Waals surface area (Å²) >= 11 is 0. The van der Waals surface area contributed by atoms with Crippen LogP contribution in [0.15, 0.2) is 12.1 Å². The number of ether oxygens (including phenoxy) is 3. The monoisotopic (exact) mass is 271 g/mol. The van der Waals surface area contributed by atoms with Crippen LogP contribution in [-0.2, 0) is 4.74 Å². The third-order valence-corrected chi connectivity index (χ3v) is 2.13. The van der Waals surface area contributed by atoms with E-state index in [9.17, 15) is 13.6 Å². The maximum atomic E-state index is 12.2. The van der Waals surface area contributed by atoms with Gasteiger partial charge in [0.1, 0.15) is 23.1 Å². The highest BCUT2D eigenvalue weighted by Gasteiger charge is 2.20. The van der Waals surface area contributed by atoms with Crippen molar-refractivity contribution in [1.29, 1.82) is 5.26 Å². The van der Waals surface area contributed by atoms with Crippen molar-refractivity contribution in [2.75, 3.05) is 13.7 Å². The van der Waals surface area contributed by atoms with E-state index in [0.29, 0.717) is 0 Å². The summed E-state index contributed by atoms with van der Waals surface area (Å²) in [6.07, 6.45) is 0. The van der Waals surface area contributed by atoms with E-state index in [4.69, 9.17) is 14.7 Å². The van der Waals surface area contributed by atoms with Crippen LogP contribution in [0, 0.1) is 11.3 Å². The zero-order valence-electron chi connectivity index (χ0n) is 10.3. The number of alkyl halides is 2. The van der Waals surface area contributed by atoms with E-state index in [0.717, 1.165) is 12.1 Å². The van der Waals surface area contributed by atoms with Crippen molar-refractivity contribution in [3.63, 3.8) is 0 Å². The molecule has 0 aliphatic carbocycles. The first-order valence-corrected chi connectivity index (χ1v) is 5.27. The first-order valence-electron chi connectivity index (χ1n) is 5.27. The normalized spacial score (nSPS) is 9.89. The lowest BCUT2D eigenvalue weighted by atomic mass is 10.1. The van der Waals surface area contributed by atoms with Gasteiger partial charge in [-0.15, -0.1) is 0 Å². The van der Waals surface area contributed by atoms with Crippen molar-refractivity contribution in [3.8, 4) is 17.6 Å². The molecule has 7 heteroatoms. The molecular formula is C12H11F2NO4. The Kier molecular flexibility index (Phi) is 5.06. The SMILES string of the molecule is CCOC(=O)c1cc(OC(F)F)cc(OC)c1C#N. The summed E-state index contributed by atoms with van der Waals surface area (Å²) in [4.78, 5) is 11.7. The van der Waals surface area contributed by atoms with E-state index in [1.54, 1.807) is 13.0 Å². The van der Waals surface area contributed by atoms with Crippen molar-refractivity contribution in [2.45, 2.75) is 13.5 Å². The highest BCUT2D eigenvalue weighted by molar-refractivity contribution is 5.93. The van der Waals surface area contributed by atoms with E-state index >= 15 is 0 Å². The number of carbonyl (C=O) groups excluding carboxylic acids is 1. The lowest BCUT2D eigenvalue weighted by molar-refractivity contribution is -0.0500. The molecule has 5 nitrogen and oxygen atoms in total. The topological polar surface area (TPSA) is 68.6 Å². The Labute approximate surface area is 108 Å². The summed E-state index contributed by atoms with van der Waals surface area (Å²) in [6, 6.07) is 3.89. The second-order valence-corrected chi connectivity index (χ2v) is 3.26. The molecule has 0 radical (unpaired) electrons. The summed E-state index contributed by atoms with van der Waals surface area (Å²) in [7, 11) is 1.25. The molecule has 0 heterocycles. The zero-order chi connectivity index (χ0) is 14.4. The number of hydrogen-bond donors (Lipinski definition) is 0. The van der Waals surface area contributed by atoms with Gasteiger partial charge in [-0.1, -0.05) is 0 Å². The number of nitriles is 1. The van der Waals surface area contributed by atoms with Crippen LogP contribution < -0.4 is 9.47 Å². The fraction of sp³-hybridized carbons (Fsp3) is 0.333. The second kappa shape index (κ2) is 6.54. The van der Waals surface area contributed by atoms with Crippen LogP contribution in [0.5, 0.6) is 11.5 Å². The molecule has 0 atom stereocenters. The molecule has 0 saturated carbocycles. The Morgan fingerprint density at radius 1 is 1.47 bits per heavy atom. The van der Waals surface area contributed by atoms with Crippen LogP contribution >= 0.6 is 0 Å². The molecule has 0 saturated heterocycles. The zero-order valence-corrected chi connectivity index (χ0v) is 10.3. The maximum Gasteiger partial charge on any atom is 0.387 e. The van der Waals surface area contributed by atoms with Gasteiger partial charge >= 0.3 is 12.6 Å². The van der Waals surface area contributed by atoms with E-state index in [-0.39, 0.29) is 29.2 Å². The van der Waals surface area contributed by atoms with Crippen molar-refractivity contribution < 1.29 is 27.8 Å². The first kappa shape index (κ1) is 14.7. The van der Waals surface area contributed by atoms with Crippen LogP contribution in [0.2, 0.25) is 0 Å². The van der Waals surface area contributed by atoms with E-state index in [1.807, 2.05) is 0 Å². The van der Waals surface area contributed by atoms with Crippen LogP contribution in [-0.4, -0.2) is 26.3 Å².